The van der Waals surface area contributed by atoms with E-state index in [9.17, 15) is 9.59 Å². The first kappa shape index (κ1) is 19.1. The smallest absolute Gasteiger partial charge is 0.238 e. The standard InChI is InChI=1S/C22H25N5O2/c1-15(28)23-17-6-8-18(9-7-17)24-21(29)14-27-12-10-16(11-13-27)22-25-19-4-2-3-5-20(19)26-22/h2-9,16H,10-14H2,1H3,(H,23,28)(H,24,29)(H,25,26). The molecule has 3 N–H and O–H groups in total. The summed E-state index contributed by atoms with van der Waals surface area (Å²) in [4.78, 5) is 33.8. The Bertz CT molecular complexity index is 970. The number of carbonyl (C=O) groups is 2. The zero-order chi connectivity index (χ0) is 20.2. The van der Waals surface area contributed by atoms with Crippen LogP contribution in [0.15, 0.2) is 48.5 Å². The number of aromatic amines is 1. The normalized spacial score (nSPS) is 15.3. The van der Waals surface area contributed by atoms with Gasteiger partial charge in [0, 0.05) is 24.2 Å². The lowest BCUT2D eigenvalue weighted by Gasteiger charge is -2.30. The summed E-state index contributed by atoms with van der Waals surface area (Å²) in [6.45, 7) is 3.58. The molecule has 0 aliphatic carbocycles. The van der Waals surface area contributed by atoms with Crippen LogP contribution in [0.5, 0.6) is 0 Å². The molecule has 0 unspecified atom stereocenters. The van der Waals surface area contributed by atoms with Gasteiger partial charge in [-0.25, -0.2) is 4.98 Å². The van der Waals surface area contributed by atoms with Crippen molar-refractivity contribution in [1.82, 2.24) is 14.9 Å². The predicted molar refractivity (Wildman–Crippen MR) is 114 cm³/mol. The van der Waals surface area contributed by atoms with Crippen LogP contribution in [0.25, 0.3) is 11.0 Å². The SMILES string of the molecule is CC(=O)Nc1ccc(NC(=O)CN2CCC(c3nc4ccccc4[nH]3)CC2)cc1. The van der Waals surface area contributed by atoms with E-state index in [0.717, 1.165) is 48.5 Å². The van der Waals surface area contributed by atoms with Gasteiger partial charge in [-0.15, -0.1) is 0 Å². The van der Waals surface area contributed by atoms with Gasteiger partial charge in [-0.3, -0.25) is 14.5 Å². The Morgan fingerprint density at radius 1 is 1.03 bits per heavy atom. The molecule has 7 nitrogen and oxygen atoms in total. The van der Waals surface area contributed by atoms with Crippen LogP contribution < -0.4 is 10.6 Å². The molecule has 0 saturated carbocycles. The van der Waals surface area contributed by atoms with E-state index in [2.05, 4.69) is 20.5 Å². The third kappa shape index (κ3) is 4.81. The highest BCUT2D eigenvalue weighted by Gasteiger charge is 2.24. The van der Waals surface area contributed by atoms with E-state index >= 15 is 0 Å². The zero-order valence-electron chi connectivity index (χ0n) is 16.4. The molecule has 3 aromatic rings. The van der Waals surface area contributed by atoms with Crippen LogP contribution >= 0.6 is 0 Å². The maximum atomic E-state index is 12.4. The summed E-state index contributed by atoms with van der Waals surface area (Å²) in [5.74, 6) is 1.31. The molecule has 1 aromatic heterocycles. The van der Waals surface area contributed by atoms with E-state index < -0.39 is 0 Å². The number of nitrogens with one attached hydrogen (secondary N) is 3. The van der Waals surface area contributed by atoms with Gasteiger partial charge in [-0.2, -0.15) is 0 Å². The van der Waals surface area contributed by atoms with Gasteiger partial charge < -0.3 is 15.6 Å². The molecule has 150 valence electrons. The number of piperidine rings is 1. The van der Waals surface area contributed by atoms with E-state index in [1.807, 2.05) is 24.3 Å². The van der Waals surface area contributed by atoms with Gasteiger partial charge in [-0.1, -0.05) is 12.1 Å². The molecule has 1 aliphatic heterocycles. The summed E-state index contributed by atoms with van der Waals surface area (Å²) in [5.41, 5.74) is 3.52. The molecule has 0 bridgehead atoms. The number of H-pyrrole nitrogens is 1. The summed E-state index contributed by atoms with van der Waals surface area (Å²) in [5, 5.41) is 5.63. The Hall–Kier alpha value is -3.19. The number of carbonyl (C=O) groups excluding carboxylic acids is 2. The number of aromatic nitrogens is 2. The van der Waals surface area contributed by atoms with Crippen LogP contribution in [0, 0.1) is 0 Å². The quantitative estimate of drug-likeness (QED) is 0.622. The summed E-state index contributed by atoms with van der Waals surface area (Å²) in [6.07, 6.45) is 1.97. The van der Waals surface area contributed by atoms with Crippen molar-refractivity contribution in [2.24, 2.45) is 0 Å². The molecule has 0 radical (unpaired) electrons. The van der Waals surface area contributed by atoms with E-state index in [-0.39, 0.29) is 11.8 Å². The highest BCUT2D eigenvalue weighted by atomic mass is 16.2. The lowest BCUT2D eigenvalue weighted by atomic mass is 9.96. The summed E-state index contributed by atoms with van der Waals surface area (Å²) < 4.78 is 0. The Kier molecular flexibility index (Phi) is 5.57. The average molecular weight is 391 g/mol. The van der Waals surface area contributed by atoms with Crippen molar-refractivity contribution in [2.75, 3.05) is 30.3 Å². The number of nitrogens with zero attached hydrogens (tertiary/aromatic N) is 2. The van der Waals surface area contributed by atoms with Gasteiger partial charge in [0.25, 0.3) is 0 Å². The highest BCUT2D eigenvalue weighted by molar-refractivity contribution is 5.93. The minimum Gasteiger partial charge on any atom is -0.342 e. The molecule has 2 aromatic carbocycles. The van der Waals surface area contributed by atoms with Crippen molar-refractivity contribution >= 4 is 34.2 Å². The highest BCUT2D eigenvalue weighted by Crippen LogP contribution is 2.27. The minimum absolute atomic E-state index is 0.0283. The number of para-hydroxylation sites is 2. The second-order valence-corrected chi connectivity index (χ2v) is 7.50. The minimum atomic E-state index is -0.118. The number of benzene rings is 2. The second-order valence-electron chi connectivity index (χ2n) is 7.50. The number of anilines is 2. The van der Waals surface area contributed by atoms with Gasteiger partial charge in [0.05, 0.1) is 17.6 Å². The summed E-state index contributed by atoms with van der Waals surface area (Å²) in [7, 11) is 0. The lowest BCUT2D eigenvalue weighted by molar-refractivity contribution is -0.117. The molecule has 2 amide bonds. The maximum Gasteiger partial charge on any atom is 0.238 e. The number of imidazole rings is 1. The van der Waals surface area contributed by atoms with Crippen LogP contribution in [0.3, 0.4) is 0 Å². The van der Waals surface area contributed by atoms with Gasteiger partial charge in [0.15, 0.2) is 0 Å². The number of likely N-dealkylation sites (tertiary alicyclic amines) is 1. The Labute approximate surface area is 169 Å². The molecular formula is C22H25N5O2. The molecule has 0 atom stereocenters. The van der Waals surface area contributed by atoms with Crippen molar-refractivity contribution in [3.05, 3.63) is 54.4 Å². The topological polar surface area (TPSA) is 90.1 Å². The van der Waals surface area contributed by atoms with Crippen molar-refractivity contribution in [1.29, 1.82) is 0 Å². The van der Waals surface area contributed by atoms with Crippen LogP contribution in [0.4, 0.5) is 11.4 Å². The van der Waals surface area contributed by atoms with Crippen LogP contribution in [0.2, 0.25) is 0 Å². The molecule has 4 rings (SSSR count). The van der Waals surface area contributed by atoms with E-state index in [4.69, 9.17) is 4.98 Å². The molecule has 1 saturated heterocycles. The maximum absolute atomic E-state index is 12.4. The molecular weight excluding hydrogens is 366 g/mol. The molecule has 7 heteroatoms. The van der Waals surface area contributed by atoms with E-state index in [1.54, 1.807) is 24.3 Å². The zero-order valence-corrected chi connectivity index (χ0v) is 16.4. The van der Waals surface area contributed by atoms with Crippen molar-refractivity contribution in [2.45, 2.75) is 25.7 Å². The Balaban J connectivity index is 1.26. The van der Waals surface area contributed by atoms with Crippen LogP contribution in [-0.2, 0) is 9.59 Å². The predicted octanol–water partition coefficient (Wildman–Crippen LogP) is 3.34. The van der Waals surface area contributed by atoms with Crippen molar-refractivity contribution in [3.8, 4) is 0 Å². The van der Waals surface area contributed by atoms with Gasteiger partial charge in [0.1, 0.15) is 5.82 Å². The first-order chi connectivity index (χ1) is 14.1. The first-order valence-electron chi connectivity index (χ1n) is 9.91. The number of hydrogen-bond acceptors (Lipinski definition) is 4. The number of rotatable bonds is 5. The second kappa shape index (κ2) is 8.45. The summed E-state index contributed by atoms with van der Waals surface area (Å²) in [6, 6.07) is 15.2. The Morgan fingerprint density at radius 2 is 1.69 bits per heavy atom. The third-order valence-corrected chi connectivity index (χ3v) is 5.24. The average Bonchev–Trinajstić information content (AvgIpc) is 3.14. The van der Waals surface area contributed by atoms with Crippen molar-refractivity contribution in [3.63, 3.8) is 0 Å². The molecule has 2 heterocycles. The third-order valence-electron chi connectivity index (χ3n) is 5.24. The fraction of sp³-hybridized carbons (Fsp3) is 0.318. The van der Waals surface area contributed by atoms with Gasteiger partial charge in [0.2, 0.25) is 11.8 Å². The number of amides is 2. The van der Waals surface area contributed by atoms with E-state index in [0.29, 0.717) is 18.2 Å². The first-order valence-corrected chi connectivity index (χ1v) is 9.91. The molecule has 1 fully saturated rings. The number of hydrogen-bond donors (Lipinski definition) is 3. The fourth-order valence-electron chi connectivity index (χ4n) is 3.77. The van der Waals surface area contributed by atoms with Crippen molar-refractivity contribution < 1.29 is 9.59 Å². The van der Waals surface area contributed by atoms with Gasteiger partial charge >= 0.3 is 0 Å². The van der Waals surface area contributed by atoms with Crippen LogP contribution in [0.1, 0.15) is 31.5 Å². The van der Waals surface area contributed by atoms with Gasteiger partial charge in [-0.05, 0) is 62.3 Å². The summed E-state index contributed by atoms with van der Waals surface area (Å²) >= 11 is 0. The fourth-order valence-corrected chi connectivity index (χ4v) is 3.77. The van der Waals surface area contributed by atoms with E-state index in [1.165, 1.54) is 6.92 Å². The number of fused-ring (bicyclic) bond motifs is 1. The lowest BCUT2D eigenvalue weighted by Crippen LogP contribution is -2.38. The molecule has 0 spiro atoms. The van der Waals surface area contributed by atoms with Crippen LogP contribution in [-0.4, -0.2) is 46.3 Å². The molecule has 1 aliphatic rings. The molecule has 29 heavy (non-hydrogen) atoms. The largest absolute Gasteiger partial charge is 0.342 e. The Morgan fingerprint density at radius 3 is 2.34 bits per heavy atom. The monoisotopic (exact) mass is 391 g/mol.